The quantitative estimate of drug-likeness (QED) is 0.418. The second-order valence-electron chi connectivity index (χ2n) is 7.90. The lowest BCUT2D eigenvalue weighted by molar-refractivity contribution is 0.0939. The van der Waals surface area contributed by atoms with Crippen molar-refractivity contribution >= 4 is 28.0 Å². The molecule has 0 fully saturated rings. The summed E-state index contributed by atoms with van der Waals surface area (Å²) < 4.78 is 3.18. The van der Waals surface area contributed by atoms with Crippen LogP contribution in [-0.4, -0.2) is 25.1 Å². The van der Waals surface area contributed by atoms with E-state index in [0.29, 0.717) is 39.4 Å². The summed E-state index contributed by atoms with van der Waals surface area (Å²) in [6.45, 7) is 3.62. The Kier molecular flexibility index (Phi) is 4.90. The molecule has 0 bridgehead atoms. The van der Waals surface area contributed by atoms with Gasteiger partial charge in [-0.1, -0.05) is 30.3 Å². The number of anilines is 1. The molecule has 5 rings (SSSR count). The summed E-state index contributed by atoms with van der Waals surface area (Å²) in [7, 11) is 0. The van der Waals surface area contributed by atoms with Crippen LogP contribution in [0.4, 0.5) is 5.69 Å². The van der Waals surface area contributed by atoms with Crippen molar-refractivity contribution in [2.45, 2.75) is 19.9 Å². The van der Waals surface area contributed by atoms with E-state index in [9.17, 15) is 9.59 Å². The molecule has 0 aliphatic rings. The molecule has 3 N–H and O–H groups in total. The normalized spacial score (nSPS) is 12.2. The van der Waals surface area contributed by atoms with Gasteiger partial charge in [0.15, 0.2) is 5.65 Å². The topological polar surface area (TPSA) is 107 Å². The fourth-order valence-corrected chi connectivity index (χ4v) is 4.18. The molecule has 8 nitrogen and oxygen atoms in total. The van der Waals surface area contributed by atoms with Gasteiger partial charge in [0.1, 0.15) is 5.56 Å². The first kappa shape index (κ1) is 20.4. The van der Waals surface area contributed by atoms with E-state index in [-0.39, 0.29) is 11.5 Å². The van der Waals surface area contributed by atoms with E-state index in [2.05, 4.69) is 15.4 Å². The summed E-state index contributed by atoms with van der Waals surface area (Å²) in [5, 5.41) is 8.56. The number of nitrogens with one attached hydrogen (secondary N) is 1. The van der Waals surface area contributed by atoms with Crippen LogP contribution >= 0.6 is 0 Å². The summed E-state index contributed by atoms with van der Waals surface area (Å²) in [6, 6.07) is 17.8. The number of para-hydroxylation sites is 1. The zero-order valence-electron chi connectivity index (χ0n) is 18.2. The first-order valence-electron chi connectivity index (χ1n) is 10.6. The van der Waals surface area contributed by atoms with Gasteiger partial charge in [-0.2, -0.15) is 5.10 Å². The predicted octanol–water partition coefficient (Wildman–Crippen LogP) is 3.42. The number of hydrogen-bond donors (Lipinski definition) is 2. The Morgan fingerprint density at radius 2 is 1.88 bits per heavy atom. The van der Waals surface area contributed by atoms with Crippen LogP contribution in [0.25, 0.3) is 22.1 Å². The average molecular weight is 438 g/mol. The molecule has 0 spiro atoms. The van der Waals surface area contributed by atoms with Crippen molar-refractivity contribution < 1.29 is 4.79 Å². The zero-order valence-corrected chi connectivity index (χ0v) is 18.2. The van der Waals surface area contributed by atoms with Gasteiger partial charge in [-0.15, -0.1) is 0 Å². The molecule has 164 valence electrons. The third kappa shape index (κ3) is 3.41. The summed E-state index contributed by atoms with van der Waals surface area (Å²) in [5.41, 5.74) is 9.11. The second kappa shape index (κ2) is 7.90. The van der Waals surface area contributed by atoms with Crippen molar-refractivity contribution in [2.24, 2.45) is 0 Å². The Labute approximate surface area is 189 Å². The molecule has 1 unspecified atom stereocenters. The minimum atomic E-state index is -0.491. The Balaban J connectivity index is 1.64. The lowest BCUT2D eigenvalue weighted by Gasteiger charge is -2.21. The fourth-order valence-electron chi connectivity index (χ4n) is 4.18. The van der Waals surface area contributed by atoms with Crippen molar-refractivity contribution in [2.75, 3.05) is 5.73 Å². The molecule has 0 aliphatic carbocycles. The maximum atomic E-state index is 13.6. The standard InChI is InChI=1S/C25H22N6O2/c1-15(28-24(32)21-16(2)29-30-13-7-12-27-23(21)30)20-14-17-8-6-11-19(26)22(17)25(33)31(20)18-9-4-3-5-10-18/h3-15H,26H2,1-2H3,(H,28,32). The molecule has 0 radical (unpaired) electrons. The Morgan fingerprint density at radius 3 is 2.67 bits per heavy atom. The van der Waals surface area contributed by atoms with E-state index in [1.165, 1.54) is 0 Å². The number of amides is 1. The zero-order chi connectivity index (χ0) is 23.1. The number of carbonyl (C=O) groups is 1. The molecular weight excluding hydrogens is 416 g/mol. The summed E-state index contributed by atoms with van der Waals surface area (Å²) in [6.07, 6.45) is 3.37. The number of rotatable bonds is 4. The third-order valence-electron chi connectivity index (χ3n) is 5.71. The number of pyridine rings is 1. The van der Waals surface area contributed by atoms with Gasteiger partial charge >= 0.3 is 0 Å². The molecule has 0 saturated heterocycles. The van der Waals surface area contributed by atoms with Gasteiger partial charge in [0.2, 0.25) is 0 Å². The van der Waals surface area contributed by atoms with Gasteiger partial charge in [0, 0.05) is 29.5 Å². The molecule has 3 aromatic heterocycles. The maximum Gasteiger partial charge on any atom is 0.265 e. The molecule has 0 saturated carbocycles. The van der Waals surface area contributed by atoms with Crippen LogP contribution in [0.1, 0.15) is 34.7 Å². The molecular formula is C25H22N6O2. The highest BCUT2D eigenvalue weighted by molar-refractivity contribution is 6.01. The average Bonchev–Trinajstić information content (AvgIpc) is 3.15. The van der Waals surface area contributed by atoms with Gasteiger partial charge in [0.05, 0.1) is 17.1 Å². The highest BCUT2D eigenvalue weighted by atomic mass is 16.2. The number of nitrogens with zero attached hydrogens (tertiary/aromatic N) is 4. The highest BCUT2D eigenvalue weighted by Gasteiger charge is 2.23. The van der Waals surface area contributed by atoms with Crippen LogP contribution in [0.2, 0.25) is 0 Å². The molecule has 33 heavy (non-hydrogen) atoms. The van der Waals surface area contributed by atoms with E-state index < -0.39 is 6.04 Å². The van der Waals surface area contributed by atoms with E-state index in [4.69, 9.17) is 5.73 Å². The number of fused-ring (bicyclic) bond motifs is 2. The lowest BCUT2D eigenvalue weighted by Crippen LogP contribution is -2.32. The van der Waals surface area contributed by atoms with Crippen molar-refractivity contribution in [1.82, 2.24) is 24.5 Å². The molecule has 1 amide bonds. The summed E-state index contributed by atoms with van der Waals surface area (Å²) in [5.74, 6) is -0.312. The Morgan fingerprint density at radius 1 is 1.09 bits per heavy atom. The SMILES string of the molecule is Cc1nn2cccnc2c1C(=O)NC(C)c1cc2cccc(N)c2c(=O)n1-c1ccccc1. The molecule has 3 heterocycles. The highest BCUT2D eigenvalue weighted by Crippen LogP contribution is 2.25. The predicted molar refractivity (Wildman–Crippen MR) is 128 cm³/mol. The van der Waals surface area contributed by atoms with Crippen molar-refractivity contribution in [3.05, 3.63) is 100 Å². The van der Waals surface area contributed by atoms with Crippen LogP contribution in [0.15, 0.2) is 77.9 Å². The number of aromatic nitrogens is 4. The van der Waals surface area contributed by atoms with Gasteiger partial charge in [0.25, 0.3) is 11.5 Å². The number of aryl methyl sites for hydroxylation is 1. The minimum absolute atomic E-state index is 0.235. The first-order chi connectivity index (χ1) is 16.0. The van der Waals surface area contributed by atoms with Gasteiger partial charge < -0.3 is 11.1 Å². The number of nitrogen functional groups attached to an aromatic ring is 1. The number of carbonyl (C=O) groups excluding carboxylic acids is 1. The third-order valence-corrected chi connectivity index (χ3v) is 5.71. The smallest absolute Gasteiger partial charge is 0.265 e. The first-order valence-corrected chi connectivity index (χ1v) is 10.6. The van der Waals surface area contributed by atoms with Crippen molar-refractivity contribution in [3.63, 3.8) is 0 Å². The Hall–Kier alpha value is -4.46. The van der Waals surface area contributed by atoms with Crippen LogP contribution in [-0.2, 0) is 0 Å². The Bertz CT molecular complexity index is 1570. The minimum Gasteiger partial charge on any atom is -0.398 e. The van der Waals surface area contributed by atoms with Crippen LogP contribution in [0.5, 0.6) is 0 Å². The fraction of sp³-hybridized carbons (Fsp3) is 0.120. The van der Waals surface area contributed by atoms with Gasteiger partial charge in [-0.3, -0.25) is 14.2 Å². The number of nitrogens with two attached hydrogens (primary N) is 1. The number of hydrogen-bond acceptors (Lipinski definition) is 5. The second-order valence-corrected chi connectivity index (χ2v) is 7.90. The van der Waals surface area contributed by atoms with Crippen molar-refractivity contribution in [3.8, 4) is 5.69 Å². The molecule has 5 aromatic rings. The largest absolute Gasteiger partial charge is 0.398 e. The van der Waals surface area contributed by atoms with E-state index >= 15 is 0 Å². The molecule has 2 aromatic carbocycles. The van der Waals surface area contributed by atoms with E-state index in [0.717, 1.165) is 5.39 Å². The van der Waals surface area contributed by atoms with Crippen LogP contribution in [0, 0.1) is 6.92 Å². The molecule has 1 atom stereocenters. The van der Waals surface area contributed by atoms with Crippen molar-refractivity contribution in [1.29, 1.82) is 0 Å². The lowest BCUT2D eigenvalue weighted by atomic mass is 10.1. The molecule has 8 heteroatoms. The van der Waals surface area contributed by atoms with Crippen LogP contribution in [0.3, 0.4) is 0 Å². The number of benzene rings is 2. The van der Waals surface area contributed by atoms with Crippen LogP contribution < -0.4 is 16.6 Å². The van der Waals surface area contributed by atoms with Gasteiger partial charge in [-0.05, 0) is 49.6 Å². The van der Waals surface area contributed by atoms with E-state index in [1.54, 1.807) is 40.5 Å². The van der Waals surface area contributed by atoms with Gasteiger partial charge in [-0.25, -0.2) is 9.50 Å². The van der Waals surface area contributed by atoms with E-state index in [1.807, 2.05) is 55.5 Å². The summed E-state index contributed by atoms with van der Waals surface area (Å²) >= 11 is 0. The summed E-state index contributed by atoms with van der Waals surface area (Å²) in [4.78, 5) is 31.1. The maximum absolute atomic E-state index is 13.6. The monoisotopic (exact) mass is 438 g/mol. The molecule has 0 aliphatic heterocycles.